The van der Waals surface area contributed by atoms with E-state index in [9.17, 15) is 19.8 Å². The molecule has 0 spiro atoms. The topological polar surface area (TPSA) is 95.9 Å². The second-order valence-corrected chi connectivity index (χ2v) is 20.7. The molecule has 0 rings (SSSR count). The number of aliphatic hydroxyl groups excluding tert-OH is 2. The van der Waals surface area contributed by atoms with Crippen molar-refractivity contribution in [1.29, 1.82) is 0 Å². The Labute approximate surface area is 412 Å². The number of ether oxygens (including phenoxy) is 1. The fourth-order valence-electron chi connectivity index (χ4n) is 9.46. The molecule has 2 unspecified atom stereocenters. The Hall–Kier alpha value is -1.40. The Kier molecular flexibility index (Phi) is 55.0. The standard InChI is InChI=1S/C60H117NO5/c1-3-5-7-9-11-13-15-17-19-20-21-22-23-25-28-32-36-40-44-48-52-58(63)57(56-62)61-59(64)53-49-45-41-37-33-29-26-27-31-35-39-43-47-51-55-66-60(65)54-50-46-42-38-34-30-24-18-16-14-12-10-8-6-4-2/h48,52,57-58,62-63H,3-47,49-51,53-56H2,1-2H3,(H,61,64)/b52-48+. The van der Waals surface area contributed by atoms with Crippen molar-refractivity contribution in [1.82, 2.24) is 5.32 Å². The van der Waals surface area contributed by atoms with Gasteiger partial charge in [-0.05, 0) is 32.1 Å². The SMILES string of the molecule is CCCCCCCCCCCCCCCCCCCC/C=C/C(O)C(CO)NC(=O)CCCCCCCCCCCCCCCCOC(=O)CCCCCCCCCCCCCCCCC. The summed E-state index contributed by atoms with van der Waals surface area (Å²) in [7, 11) is 0. The van der Waals surface area contributed by atoms with Crippen LogP contribution in [-0.2, 0) is 14.3 Å². The lowest BCUT2D eigenvalue weighted by Gasteiger charge is -2.20. The van der Waals surface area contributed by atoms with Crippen LogP contribution < -0.4 is 5.32 Å². The van der Waals surface area contributed by atoms with Crippen molar-refractivity contribution >= 4 is 11.9 Å². The van der Waals surface area contributed by atoms with Crippen LogP contribution in [0.5, 0.6) is 0 Å². The van der Waals surface area contributed by atoms with Gasteiger partial charge < -0.3 is 20.3 Å². The third-order valence-electron chi connectivity index (χ3n) is 14.1. The largest absolute Gasteiger partial charge is 0.466 e. The molecule has 6 heteroatoms. The predicted molar refractivity (Wildman–Crippen MR) is 287 cm³/mol. The van der Waals surface area contributed by atoms with Crippen LogP contribution in [-0.4, -0.2) is 47.4 Å². The Morgan fingerprint density at radius 1 is 0.409 bits per heavy atom. The van der Waals surface area contributed by atoms with E-state index < -0.39 is 12.1 Å². The molecule has 392 valence electrons. The number of rotatable bonds is 56. The summed E-state index contributed by atoms with van der Waals surface area (Å²) in [5.74, 6) is -0.0745. The molecule has 0 saturated carbocycles. The van der Waals surface area contributed by atoms with Crippen molar-refractivity contribution in [3.05, 3.63) is 12.2 Å². The fraction of sp³-hybridized carbons (Fsp3) is 0.933. The second-order valence-electron chi connectivity index (χ2n) is 20.7. The second kappa shape index (κ2) is 56.2. The first-order chi connectivity index (χ1) is 32.5. The van der Waals surface area contributed by atoms with E-state index in [1.807, 2.05) is 6.08 Å². The highest BCUT2D eigenvalue weighted by molar-refractivity contribution is 5.76. The van der Waals surface area contributed by atoms with E-state index in [0.29, 0.717) is 19.4 Å². The highest BCUT2D eigenvalue weighted by Crippen LogP contribution is 2.18. The number of amides is 1. The smallest absolute Gasteiger partial charge is 0.305 e. The average Bonchev–Trinajstić information content (AvgIpc) is 3.32. The molecule has 0 aliphatic rings. The highest BCUT2D eigenvalue weighted by Gasteiger charge is 2.18. The Morgan fingerprint density at radius 3 is 1.03 bits per heavy atom. The fourth-order valence-corrected chi connectivity index (χ4v) is 9.46. The zero-order valence-electron chi connectivity index (χ0n) is 44.7. The van der Waals surface area contributed by atoms with Crippen molar-refractivity contribution in [3.8, 4) is 0 Å². The van der Waals surface area contributed by atoms with E-state index in [4.69, 9.17) is 4.74 Å². The van der Waals surface area contributed by atoms with E-state index in [2.05, 4.69) is 19.2 Å². The Bertz CT molecular complexity index is 986. The lowest BCUT2D eigenvalue weighted by atomic mass is 10.0. The van der Waals surface area contributed by atoms with Gasteiger partial charge in [0.1, 0.15) is 0 Å². The molecule has 2 atom stereocenters. The van der Waals surface area contributed by atoms with Gasteiger partial charge in [-0.1, -0.05) is 302 Å². The Morgan fingerprint density at radius 2 is 0.697 bits per heavy atom. The molecule has 0 aromatic rings. The summed E-state index contributed by atoms with van der Waals surface area (Å²) >= 11 is 0. The van der Waals surface area contributed by atoms with Gasteiger partial charge in [-0.15, -0.1) is 0 Å². The van der Waals surface area contributed by atoms with Crippen molar-refractivity contribution in [3.63, 3.8) is 0 Å². The third-order valence-corrected chi connectivity index (χ3v) is 14.1. The maximum Gasteiger partial charge on any atom is 0.305 e. The molecule has 66 heavy (non-hydrogen) atoms. The molecular weight excluding hydrogens is 815 g/mol. The molecule has 0 radical (unpaired) electrons. The van der Waals surface area contributed by atoms with Crippen LogP contribution in [0.25, 0.3) is 0 Å². The molecule has 1 amide bonds. The third kappa shape index (κ3) is 52.0. The van der Waals surface area contributed by atoms with Crippen LogP contribution in [0.15, 0.2) is 12.2 Å². The normalized spacial score (nSPS) is 12.6. The quantitative estimate of drug-likeness (QED) is 0.0321. The monoisotopic (exact) mass is 932 g/mol. The van der Waals surface area contributed by atoms with Crippen LogP contribution in [0.1, 0.15) is 335 Å². The minimum atomic E-state index is -0.851. The van der Waals surface area contributed by atoms with Crippen molar-refractivity contribution in [2.45, 2.75) is 347 Å². The van der Waals surface area contributed by atoms with Crippen molar-refractivity contribution < 1.29 is 24.5 Å². The summed E-state index contributed by atoms with van der Waals surface area (Å²) in [5, 5.41) is 23.2. The number of carbonyl (C=O) groups is 2. The maximum atomic E-state index is 12.5. The minimum Gasteiger partial charge on any atom is -0.466 e. The number of unbranched alkanes of at least 4 members (excludes halogenated alkanes) is 45. The number of esters is 1. The van der Waals surface area contributed by atoms with Gasteiger partial charge in [-0.3, -0.25) is 9.59 Å². The summed E-state index contributed by atoms with van der Waals surface area (Å²) in [6.07, 6.45) is 66.6. The molecule has 0 fully saturated rings. The van der Waals surface area contributed by atoms with Gasteiger partial charge >= 0.3 is 5.97 Å². The summed E-state index contributed by atoms with van der Waals surface area (Å²) in [6, 6.07) is -0.635. The number of allylic oxidation sites excluding steroid dienone is 1. The van der Waals surface area contributed by atoms with Crippen LogP contribution in [0.4, 0.5) is 0 Å². The summed E-state index contributed by atoms with van der Waals surface area (Å²) in [6.45, 7) is 4.91. The average molecular weight is 933 g/mol. The first-order valence-electron chi connectivity index (χ1n) is 30.0. The van der Waals surface area contributed by atoms with E-state index in [1.165, 1.54) is 250 Å². The first-order valence-corrected chi connectivity index (χ1v) is 30.0. The first kappa shape index (κ1) is 64.6. The van der Waals surface area contributed by atoms with Crippen molar-refractivity contribution in [2.24, 2.45) is 0 Å². The van der Waals surface area contributed by atoms with E-state index in [0.717, 1.165) is 57.8 Å². The van der Waals surface area contributed by atoms with E-state index >= 15 is 0 Å². The number of carbonyl (C=O) groups excluding carboxylic acids is 2. The van der Waals surface area contributed by atoms with Gasteiger partial charge in [0.25, 0.3) is 0 Å². The molecule has 0 aliphatic carbocycles. The number of nitrogens with one attached hydrogen (secondary N) is 1. The maximum absolute atomic E-state index is 12.5. The lowest BCUT2D eigenvalue weighted by molar-refractivity contribution is -0.143. The van der Waals surface area contributed by atoms with Crippen molar-refractivity contribution in [2.75, 3.05) is 13.2 Å². The summed E-state index contributed by atoms with van der Waals surface area (Å²) in [4.78, 5) is 24.5. The number of hydrogen-bond donors (Lipinski definition) is 3. The van der Waals surface area contributed by atoms with Crippen LogP contribution in [0.3, 0.4) is 0 Å². The zero-order valence-corrected chi connectivity index (χ0v) is 44.7. The Balaban J connectivity index is 3.46. The van der Waals surface area contributed by atoms with Gasteiger partial charge in [0.05, 0.1) is 25.4 Å². The summed E-state index contributed by atoms with van der Waals surface area (Å²) in [5.41, 5.74) is 0. The van der Waals surface area contributed by atoms with E-state index in [-0.39, 0.29) is 18.5 Å². The van der Waals surface area contributed by atoms with Gasteiger partial charge in [0.2, 0.25) is 5.91 Å². The van der Waals surface area contributed by atoms with Gasteiger partial charge in [0.15, 0.2) is 0 Å². The highest BCUT2D eigenvalue weighted by atomic mass is 16.5. The zero-order chi connectivity index (χ0) is 47.9. The molecule has 0 bridgehead atoms. The molecule has 6 nitrogen and oxygen atoms in total. The minimum absolute atomic E-state index is 0.000333. The van der Waals surface area contributed by atoms with Crippen LogP contribution >= 0.6 is 0 Å². The van der Waals surface area contributed by atoms with Gasteiger partial charge in [-0.2, -0.15) is 0 Å². The predicted octanol–water partition coefficient (Wildman–Crippen LogP) is 18.5. The van der Waals surface area contributed by atoms with Gasteiger partial charge in [0, 0.05) is 12.8 Å². The lowest BCUT2D eigenvalue weighted by Crippen LogP contribution is -2.45. The van der Waals surface area contributed by atoms with Gasteiger partial charge in [-0.25, -0.2) is 0 Å². The molecule has 0 aliphatic heterocycles. The molecule has 0 heterocycles. The molecule has 0 aromatic carbocycles. The number of hydrogen-bond acceptors (Lipinski definition) is 5. The molecular formula is C60H117NO5. The summed E-state index contributed by atoms with van der Waals surface area (Å²) < 4.78 is 5.48. The molecule has 3 N–H and O–H groups in total. The molecule has 0 aromatic heterocycles. The van der Waals surface area contributed by atoms with Crippen LogP contribution in [0.2, 0.25) is 0 Å². The van der Waals surface area contributed by atoms with Crippen LogP contribution in [0, 0.1) is 0 Å². The number of aliphatic hydroxyl groups is 2. The molecule has 0 saturated heterocycles. The van der Waals surface area contributed by atoms with E-state index in [1.54, 1.807) is 6.08 Å².